The van der Waals surface area contributed by atoms with Crippen LogP contribution in [0.5, 0.6) is 0 Å². The molecule has 1 atom stereocenters. The predicted octanol–water partition coefficient (Wildman–Crippen LogP) is 2.04. The largest absolute Gasteiger partial charge is 0.397 e. The van der Waals surface area contributed by atoms with E-state index in [0.29, 0.717) is 16.6 Å². The molecule has 1 unspecified atom stereocenters. The van der Waals surface area contributed by atoms with E-state index in [1.54, 1.807) is 12.4 Å². The van der Waals surface area contributed by atoms with Gasteiger partial charge in [0.05, 0.1) is 10.4 Å². The molecule has 0 bridgehead atoms. The molecule has 1 amide bonds. The van der Waals surface area contributed by atoms with Gasteiger partial charge in [0.2, 0.25) is 0 Å². The number of pyridine rings is 1. The van der Waals surface area contributed by atoms with Crippen molar-refractivity contribution in [3.8, 4) is 0 Å². The highest BCUT2D eigenvalue weighted by atomic mass is 32.1. The summed E-state index contributed by atoms with van der Waals surface area (Å²) in [5.74, 6) is 0.0558. The molecule has 2 aromatic heterocycles. The van der Waals surface area contributed by atoms with Gasteiger partial charge in [-0.25, -0.2) is 0 Å². The molecule has 2 aromatic rings. The Morgan fingerprint density at radius 1 is 1.52 bits per heavy atom. The van der Waals surface area contributed by atoms with Gasteiger partial charge in [0, 0.05) is 43.5 Å². The first-order valence-corrected chi connectivity index (χ1v) is 8.05. The topological polar surface area (TPSA) is 62.5 Å². The van der Waals surface area contributed by atoms with Gasteiger partial charge in [0.1, 0.15) is 4.88 Å². The Balaban J connectivity index is 1.88. The first-order chi connectivity index (χ1) is 10.1. The lowest BCUT2D eigenvalue weighted by Gasteiger charge is -2.39. The lowest BCUT2D eigenvalue weighted by molar-refractivity contribution is 0.0547. The smallest absolute Gasteiger partial charge is 0.266 e. The molecular formula is C15H20N4OS. The molecule has 112 valence electrons. The van der Waals surface area contributed by atoms with Crippen LogP contribution in [-0.4, -0.2) is 53.4 Å². The van der Waals surface area contributed by atoms with Crippen molar-refractivity contribution in [2.75, 3.05) is 32.4 Å². The molecule has 1 saturated heterocycles. The molecule has 0 aliphatic carbocycles. The number of nitrogens with zero attached hydrogens (tertiary/aromatic N) is 3. The number of anilines is 1. The number of nitrogens with two attached hydrogens (primary N) is 1. The van der Waals surface area contributed by atoms with E-state index < -0.39 is 0 Å². The average Bonchev–Trinajstić information content (AvgIpc) is 2.85. The molecule has 1 fully saturated rings. The summed E-state index contributed by atoms with van der Waals surface area (Å²) in [7, 11) is 2.12. The fraction of sp³-hybridized carbons (Fsp3) is 0.467. The van der Waals surface area contributed by atoms with E-state index in [1.165, 1.54) is 11.3 Å². The highest BCUT2D eigenvalue weighted by molar-refractivity contribution is 7.21. The molecule has 0 spiro atoms. The van der Waals surface area contributed by atoms with E-state index in [4.69, 9.17) is 5.73 Å². The van der Waals surface area contributed by atoms with Gasteiger partial charge < -0.3 is 10.6 Å². The standard InChI is InChI=1S/C15H20N4OS/c1-3-10-9-19(7-6-18(10)2)15(20)14-13(16)11-4-5-17-8-12(11)21-14/h4-5,8,10H,3,6-7,9,16H2,1-2H3. The molecule has 1 aliphatic rings. The van der Waals surface area contributed by atoms with Crippen molar-refractivity contribution in [1.29, 1.82) is 0 Å². The Labute approximate surface area is 128 Å². The van der Waals surface area contributed by atoms with E-state index in [0.717, 1.165) is 36.1 Å². The van der Waals surface area contributed by atoms with Gasteiger partial charge in [0.25, 0.3) is 5.91 Å². The number of nitrogen functional groups attached to an aromatic ring is 1. The summed E-state index contributed by atoms with van der Waals surface area (Å²) in [6, 6.07) is 2.30. The summed E-state index contributed by atoms with van der Waals surface area (Å²) in [6.45, 7) is 4.61. The zero-order valence-electron chi connectivity index (χ0n) is 12.4. The second kappa shape index (κ2) is 5.61. The number of amides is 1. The fourth-order valence-electron chi connectivity index (χ4n) is 2.84. The summed E-state index contributed by atoms with van der Waals surface area (Å²) in [5, 5.41) is 0.930. The normalized spacial score (nSPS) is 20.1. The van der Waals surface area contributed by atoms with Gasteiger partial charge in [-0.2, -0.15) is 0 Å². The number of carbonyl (C=O) groups is 1. The monoisotopic (exact) mass is 304 g/mol. The third kappa shape index (κ3) is 2.49. The van der Waals surface area contributed by atoms with Crippen LogP contribution in [0.3, 0.4) is 0 Å². The maximum absolute atomic E-state index is 12.8. The highest BCUT2D eigenvalue weighted by Gasteiger charge is 2.29. The highest BCUT2D eigenvalue weighted by Crippen LogP contribution is 2.34. The lowest BCUT2D eigenvalue weighted by atomic mass is 10.1. The fourth-order valence-corrected chi connectivity index (χ4v) is 3.90. The zero-order chi connectivity index (χ0) is 15.0. The minimum Gasteiger partial charge on any atom is -0.397 e. The van der Waals surface area contributed by atoms with Crippen molar-refractivity contribution in [3.63, 3.8) is 0 Å². The third-order valence-corrected chi connectivity index (χ3v) is 5.41. The van der Waals surface area contributed by atoms with Crippen molar-refractivity contribution < 1.29 is 4.79 Å². The minimum absolute atomic E-state index is 0.0558. The van der Waals surface area contributed by atoms with Crippen LogP contribution in [0.1, 0.15) is 23.0 Å². The van der Waals surface area contributed by atoms with Crippen molar-refractivity contribution in [1.82, 2.24) is 14.8 Å². The number of carbonyl (C=O) groups excluding carboxylic acids is 1. The van der Waals surface area contributed by atoms with Gasteiger partial charge in [-0.05, 0) is 19.5 Å². The molecule has 0 saturated carbocycles. The average molecular weight is 304 g/mol. The van der Waals surface area contributed by atoms with Crippen LogP contribution in [0.25, 0.3) is 10.1 Å². The second-order valence-corrected chi connectivity index (χ2v) is 6.56. The van der Waals surface area contributed by atoms with Crippen molar-refractivity contribution >= 4 is 33.0 Å². The summed E-state index contributed by atoms with van der Waals surface area (Å²) >= 11 is 1.44. The Bertz CT molecular complexity index is 669. The number of piperazine rings is 1. The van der Waals surface area contributed by atoms with Crippen LogP contribution < -0.4 is 5.73 Å². The Morgan fingerprint density at radius 2 is 2.33 bits per heavy atom. The van der Waals surface area contributed by atoms with Gasteiger partial charge in [-0.15, -0.1) is 11.3 Å². The second-order valence-electron chi connectivity index (χ2n) is 5.51. The lowest BCUT2D eigenvalue weighted by Crippen LogP contribution is -2.52. The van der Waals surface area contributed by atoms with E-state index in [-0.39, 0.29) is 5.91 Å². The van der Waals surface area contributed by atoms with Gasteiger partial charge >= 0.3 is 0 Å². The molecular weight excluding hydrogens is 284 g/mol. The molecule has 21 heavy (non-hydrogen) atoms. The molecule has 3 heterocycles. The number of fused-ring (bicyclic) bond motifs is 1. The Kier molecular flexibility index (Phi) is 3.82. The Hall–Kier alpha value is -1.66. The van der Waals surface area contributed by atoms with Crippen molar-refractivity contribution in [2.24, 2.45) is 0 Å². The summed E-state index contributed by atoms with van der Waals surface area (Å²) in [6.07, 6.45) is 4.53. The molecule has 1 aliphatic heterocycles. The van der Waals surface area contributed by atoms with Crippen LogP contribution in [0.2, 0.25) is 0 Å². The van der Waals surface area contributed by atoms with E-state index in [2.05, 4.69) is 23.9 Å². The molecule has 5 nitrogen and oxygen atoms in total. The van der Waals surface area contributed by atoms with E-state index in [9.17, 15) is 4.79 Å². The first kappa shape index (κ1) is 14.3. The van der Waals surface area contributed by atoms with Crippen molar-refractivity contribution in [3.05, 3.63) is 23.3 Å². The number of rotatable bonds is 2. The zero-order valence-corrected chi connectivity index (χ0v) is 13.2. The van der Waals surface area contributed by atoms with E-state index >= 15 is 0 Å². The Morgan fingerprint density at radius 3 is 3.05 bits per heavy atom. The van der Waals surface area contributed by atoms with E-state index in [1.807, 2.05) is 11.0 Å². The maximum atomic E-state index is 12.8. The molecule has 3 rings (SSSR count). The number of thiophene rings is 1. The maximum Gasteiger partial charge on any atom is 0.266 e. The third-order valence-electron chi connectivity index (χ3n) is 4.26. The van der Waals surface area contributed by atoms with Gasteiger partial charge in [-0.1, -0.05) is 6.92 Å². The van der Waals surface area contributed by atoms with Crippen LogP contribution in [0.4, 0.5) is 5.69 Å². The van der Waals surface area contributed by atoms with Crippen LogP contribution >= 0.6 is 11.3 Å². The minimum atomic E-state index is 0.0558. The summed E-state index contributed by atoms with van der Waals surface area (Å²) in [5.41, 5.74) is 6.76. The SMILES string of the molecule is CCC1CN(C(=O)c2sc3cnccc3c2N)CCN1C. The molecule has 2 N–H and O–H groups in total. The van der Waals surface area contributed by atoms with Gasteiger partial charge in [-0.3, -0.25) is 14.7 Å². The van der Waals surface area contributed by atoms with Crippen LogP contribution in [-0.2, 0) is 0 Å². The number of hydrogen-bond acceptors (Lipinski definition) is 5. The predicted molar refractivity (Wildman–Crippen MR) is 86.6 cm³/mol. The summed E-state index contributed by atoms with van der Waals surface area (Å²) < 4.78 is 0.972. The molecule has 6 heteroatoms. The summed E-state index contributed by atoms with van der Waals surface area (Å²) in [4.78, 5) is 21.8. The quantitative estimate of drug-likeness (QED) is 0.922. The molecule has 0 aromatic carbocycles. The van der Waals surface area contributed by atoms with Crippen LogP contribution in [0.15, 0.2) is 18.5 Å². The van der Waals surface area contributed by atoms with Crippen LogP contribution in [0, 0.1) is 0 Å². The first-order valence-electron chi connectivity index (χ1n) is 7.23. The van der Waals surface area contributed by atoms with Crippen molar-refractivity contribution in [2.45, 2.75) is 19.4 Å². The van der Waals surface area contributed by atoms with Gasteiger partial charge in [0.15, 0.2) is 0 Å². The molecule has 0 radical (unpaired) electrons. The number of hydrogen-bond donors (Lipinski definition) is 1. The number of aromatic nitrogens is 1. The number of likely N-dealkylation sites (N-methyl/N-ethyl adjacent to an activating group) is 1.